The van der Waals surface area contributed by atoms with Gasteiger partial charge in [-0.1, -0.05) is 411 Å². The van der Waals surface area contributed by atoms with Crippen molar-refractivity contribution in [1.29, 1.82) is 0 Å². The molecule has 7 aromatic heterocycles. The molecule has 28 aromatic rings. The molecule has 0 fully saturated rings. The van der Waals surface area contributed by atoms with E-state index in [0.717, 1.165) is 16.7 Å². The molecule has 0 saturated heterocycles. The summed E-state index contributed by atoms with van der Waals surface area (Å²) < 4.78 is 22.5. The molecular formula is C133H98OS6. The summed E-state index contributed by atoms with van der Waals surface area (Å²) >= 11 is 11.3. The van der Waals surface area contributed by atoms with Crippen molar-refractivity contribution < 1.29 is 4.42 Å². The second kappa shape index (κ2) is 40.1. The quantitative estimate of drug-likeness (QED) is 0.155. The predicted molar refractivity (Wildman–Crippen MR) is 621 cm³/mol. The van der Waals surface area contributed by atoms with Gasteiger partial charge in [0.05, 0.1) is 0 Å². The van der Waals surface area contributed by atoms with Gasteiger partial charge in [0.2, 0.25) is 0 Å². The van der Waals surface area contributed by atoms with E-state index in [4.69, 9.17) is 4.42 Å². The largest absolute Gasteiger partial charge is 0.455 e. The van der Waals surface area contributed by atoms with Gasteiger partial charge in [0.1, 0.15) is 11.2 Å². The molecule has 7 heterocycles. The minimum Gasteiger partial charge on any atom is -0.455 e. The fourth-order valence-electron chi connectivity index (χ4n) is 19.3. The standard InChI is InChI=1S/C19H14O.6C19H14S/c1-13-7-2-3-8-14(13)16-10-6-11-17-15-9-4-5-12-18(15)20-19(16)17;1-13-6-4-7-14(12-13)15-9-5-10-17-16-8-2-3-11-18(16)20-19(15)17;1-13-7-2-3-8-14(13)16-10-6-11-17-15-9-4-5-12-18(15)20-19(16)17;1-13-5-4-6-14(11-13)15-9-10-19-17(12-15)16-7-2-3-8-18(16)20-19;1-13-6-2-3-7-15(13)14-10-11-19-17(12-14)16-8-4-5-9-18(16)20-19;1-13-9-11-14(12-10-13)15-6-4-7-17-16-5-2-3-8-18(16)20-19(15)17;1-13-6-8-14(9-7-13)15-10-11-19-17(12-15)16-4-2-3-5-18(16)20-19/h7*2-12H,1H3. The van der Waals surface area contributed by atoms with Gasteiger partial charge >= 0.3 is 0 Å². The zero-order chi connectivity index (χ0) is 94.7. The number of benzene rings is 21. The van der Waals surface area contributed by atoms with Gasteiger partial charge in [-0.05, 0) is 216 Å². The Morgan fingerprint density at radius 2 is 0.414 bits per heavy atom. The number of aryl methyl sites for hydroxylation is 7. The van der Waals surface area contributed by atoms with E-state index in [2.05, 4.69) is 503 Å². The van der Waals surface area contributed by atoms with Gasteiger partial charge in [-0.25, -0.2) is 0 Å². The van der Waals surface area contributed by atoms with E-state index in [1.165, 1.54) is 243 Å². The average molecular weight is 1900 g/mol. The number of para-hydroxylation sites is 2. The Labute approximate surface area is 840 Å². The van der Waals surface area contributed by atoms with Gasteiger partial charge in [0.25, 0.3) is 0 Å². The van der Waals surface area contributed by atoms with Crippen LogP contribution in [0.3, 0.4) is 0 Å². The van der Waals surface area contributed by atoms with Crippen molar-refractivity contribution in [3.05, 3.63) is 506 Å². The van der Waals surface area contributed by atoms with Crippen molar-refractivity contribution in [2.75, 3.05) is 0 Å². The zero-order valence-corrected chi connectivity index (χ0v) is 83.7. The molecule has 0 spiro atoms. The fraction of sp³-hybridized carbons (Fsp3) is 0.0526. The summed E-state index contributed by atoms with van der Waals surface area (Å²) in [6.07, 6.45) is 0. The monoisotopic (exact) mass is 1900 g/mol. The third-order valence-electron chi connectivity index (χ3n) is 26.5. The third-order valence-corrected chi connectivity index (χ3v) is 33.6. The van der Waals surface area contributed by atoms with Crippen molar-refractivity contribution in [1.82, 2.24) is 0 Å². The molecule has 28 rings (SSSR count). The van der Waals surface area contributed by atoms with Crippen LogP contribution in [0.2, 0.25) is 0 Å². The van der Waals surface area contributed by atoms with Crippen LogP contribution in [-0.4, -0.2) is 0 Å². The van der Waals surface area contributed by atoms with E-state index in [9.17, 15) is 0 Å². The molecule has 140 heavy (non-hydrogen) atoms. The smallest absolute Gasteiger partial charge is 0.143 e. The molecule has 0 saturated carbocycles. The minimum atomic E-state index is 0.948. The second-order valence-corrected chi connectivity index (χ2v) is 42.4. The summed E-state index contributed by atoms with van der Waals surface area (Å²) in [6.45, 7) is 15.0. The fourth-order valence-corrected chi connectivity index (χ4v) is 26.3. The van der Waals surface area contributed by atoms with Crippen LogP contribution in [0.1, 0.15) is 38.9 Å². The molecule has 0 unspecified atom stereocenters. The lowest BCUT2D eigenvalue weighted by atomic mass is 9.98. The molecule has 0 aliphatic heterocycles. The molecule has 21 aromatic carbocycles. The molecular weight excluding hydrogens is 1810 g/mol. The summed E-state index contributed by atoms with van der Waals surface area (Å²) in [6, 6.07) is 167. The maximum atomic E-state index is 6.09. The van der Waals surface area contributed by atoms with Crippen LogP contribution >= 0.6 is 68.0 Å². The molecule has 0 radical (unpaired) electrons. The summed E-state index contributed by atoms with van der Waals surface area (Å²) in [5.74, 6) is 0. The van der Waals surface area contributed by atoms with E-state index in [1.807, 2.05) is 80.2 Å². The Kier molecular flexibility index (Phi) is 25.7. The third kappa shape index (κ3) is 18.5. The predicted octanol–water partition coefficient (Wildman–Crippen LogP) is 41.7. The minimum absolute atomic E-state index is 0.948. The Bertz CT molecular complexity index is 9230. The van der Waals surface area contributed by atoms with Crippen molar-refractivity contribution in [3.8, 4) is 77.9 Å². The molecule has 7 heteroatoms. The van der Waals surface area contributed by atoms with Crippen LogP contribution in [0.5, 0.6) is 0 Å². The van der Waals surface area contributed by atoms with Gasteiger partial charge in [-0.3, -0.25) is 0 Å². The van der Waals surface area contributed by atoms with Gasteiger partial charge in [0, 0.05) is 137 Å². The Morgan fingerprint density at radius 1 is 0.143 bits per heavy atom. The van der Waals surface area contributed by atoms with E-state index in [0.29, 0.717) is 0 Å². The highest BCUT2D eigenvalue weighted by Crippen LogP contribution is 2.47. The summed E-state index contributed by atoms with van der Waals surface area (Å²) in [4.78, 5) is 0. The maximum Gasteiger partial charge on any atom is 0.143 e. The summed E-state index contributed by atoms with van der Waals surface area (Å²) in [5, 5.41) is 18.7. The lowest BCUT2D eigenvalue weighted by Crippen LogP contribution is -1.82. The van der Waals surface area contributed by atoms with Crippen LogP contribution < -0.4 is 0 Å². The molecule has 0 N–H and O–H groups in total. The molecule has 0 aliphatic rings. The van der Waals surface area contributed by atoms with E-state index in [1.54, 1.807) is 0 Å². The van der Waals surface area contributed by atoms with Gasteiger partial charge in [0.15, 0.2) is 0 Å². The van der Waals surface area contributed by atoms with Crippen molar-refractivity contribution in [3.63, 3.8) is 0 Å². The Hall–Kier alpha value is -15.3. The number of hydrogen-bond acceptors (Lipinski definition) is 7. The Balaban J connectivity index is 0.0000000939. The van der Waals surface area contributed by atoms with Crippen LogP contribution in [-0.2, 0) is 0 Å². The van der Waals surface area contributed by atoms with Gasteiger partial charge < -0.3 is 4.42 Å². The first-order valence-corrected chi connectivity index (χ1v) is 52.5. The van der Waals surface area contributed by atoms with Crippen LogP contribution in [0, 0.1) is 48.5 Å². The second-order valence-electron chi connectivity index (χ2n) is 36.0. The van der Waals surface area contributed by atoms with Gasteiger partial charge in [-0.2, -0.15) is 0 Å². The summed E-state index contributed by atoms with van der Waals surface area (Å²) in [7, 11) is 0. The molecule has 1 nitrogen and oxygen atoms in total. The SMILES string of the molecule is Cc1ccc(-c2ccc3sc4ccccc4c3c2)cc1.Cc1ccc(-c2cccc3c2sc2ccccc23)cc1.Cc1cccc(-c2ccc3sc4ccccc4c3c2)c1.Cc1cccc(-c2cccc3c2sc2ccccc23)c1.Cc1ccccc1-c1ccc2sc3ccccc3c2c1.Cc1ccccc1-c1cccc2c1oc1ccccc12.Cc1ccccc1-c1cccc2c1sc1ccccc12. The lowest BCUT2D eigenvalue weighted by molar-refractivity contribution is 0.670. The van der Waals surface area contributed by atoms with Crippen molar-refractivity contribution in [2.45, 2.75) is 48.5 Å². The highest BCUT2D eigenvalue weighted by atomic mass is 32.1. The number of fused-ring (bicyclic) bond motifs is 21. The van der Waals surface area contributed by atoms with Crippen LogP contribution in [0.15, 0.2) is 472 Å². The zero-order valence-electron chi connectivity index (χ0n) is 78.8. The van der Waals surface area contributed by atoms with Crippen molar-refractivity contribution in [2.24, 2.45) is 0 Å². The molecule has 0 amide bonds. The van der Waals surface area contributed by atoms with E-state index in [-0.39, 0.29) is 0 Å². The number of rotatable bonds is 7. The number of furan rings is 1. The van der Waals surface area contributed by atoms with E-state index < -0.39 is 0 Å². The maximum absolute atomic E-state index is 6.09. The highest BCUT2D eigenvalue weighted by molar-refractivity contribution is 7.28. The van der Waals surface area contributed by atoms with Gasteiger partial charge in [-0.15, -0.1) is 68.0 Å². The van der Waals surface area contributed by atoms with Crippen molar-refractivity contribution >= 4 is 211 Å². The first-order valence-electron chi connectivity index (χ1n) is 47.6. The molecule has 0 aliphatic carbocycles. The van der Waals surface area contributed by atoms with Crippen LogP contribution in [0.25, 0.3) is 221 Å². The first kappa shape index (κ1) is 89.9. The first-order chi connectivity index (χ1) is 68.8. The molecule has 0 atom stereocenters. The average Bonchev–Trinajstić information content (AvgIpc) is 1.62. The normalized spacial score (nSPS) is 11.2. The topological polar surface area (TPSA) is 13.1 Å². The lowest BCUT2D eigenvalue weighted by Gasteiger charge is -2.06. The Morgan fingerprint density at radius 3 is 0.864 bits per heavy atom. The van der Waals surface area contributed by atoms with E-state index >= 15 is 0 Å². The number of thiophene rings is 6. The highest BCUT2D eigenvalue weighted by Gasteiger charge is 2.19. The molecule has 672 valence electrons. The van der Waals surface area contributed by atoms with Crippen LogP contribution in [0.4, 0.5) is 0 Å². The number of hydrogen-bond donors (Lipinski definition) is 0. The summed E-state index contributed by atoms with van der Waals surface area (Å²) in [5.41, 5.74) is 29.2. The molecule has 0 bridgehead atoms.